The first-order chi connectivity index (χ1) is 5.81. The van der Waals surface area contributed by atoms with E-state index in [4.69, 9.17) is 0 Å². The zero-order valence-electron chi connectivity index (χ0n) is 6.85. The van der Waals surface area contributed by atoms with Crippen LogP contribution in [0.15, 0.2) is 17.3 Å². The molecule has 0 atom stereocenters. The lowest BCUT2D eigenvalue weighted by Crippen LogP contribution is -1.94. The molecule has 5 heteroatoms. The second-order valence-corrected chi connectivity index (χ2v) is 3.20. The van der Waals surface area contributed by atoms with Crippen molar-refractivity contribution < 1.29 is 0 Å². The first-order valence-corrected chi connectivity index (χ1v) is 4.77. The minimum atomic E-state index is 0.796. The molecular weight excluding hydrogens is 172 g/mol. The van der Waals surface area contributed by atoms with Gasteiger partial charge in [0.15, 0.2) is 5.65 Å². The van der Waals surface area contributed by atoms with Crippen molar-refractivity contribution in [3.63, 3.8) is 0 Å². The highest BCUT2D eigenvalue weighted by atomic mass is 32.2. The number of thioether (sulfide) groups is 1. The molecule has 12 heavy (non-hydrogen) atoms. The summed E-state index contributed by atoms with van der Waals surface area (Å²) in [5.74, 6) is 0. The molecule has 0 radical (unpaired) electrons. The fourth-order valence-corrected chi connectivity index (χ4v) is 1.42. The van der Waals surface area contributed by atoms with Crippen molar-refractivity contribution in [2.75, 3.05) is 6.26 Å². The van der Waals surface area contributed by atoms with Crippen LogP contribution in [-0.2, 0) is 0 Å². The van der Waals surface area contributed by atoms with Gasteiger partial charge in [-0.3, -0.25) is 0 Å². The Bertz CT molecular complexity index is 409. The largest absolute Gasteiger partial charge is 0.212 e. The van der Waals surface area contributed by atoms with E-state index in [-0.39, 0.29) is 0 Å². The second kappa shape index (κ2) is 2.75. The summed E-state index contributed by atoms with van der Waals surface area (Å²) in [4.78, 5) is 0. The Balaban J connectivity index is 2.75. The van der Waals surface area contributed by atoms with E-state index in [1.807, 2.05) is 25.3 Å². The van der Waals surface area contributed by atoms with E-state index in [0.717, 1.165) is 16.5 Å². The van der Waals surface area contributed by atoms with Crippen molar-refractivity contribution in [3.05, 3.63) is 17.8 Å². The van der Waals surface area contributed by atoms with E-state index in [1.54, 1.807) is 16.3 Å². The molecule has 2 aromatic rings. The molecule has 0 aliphatic heterocycles. The maximum atomic E-state index is 4.28. The van der Waals surface area contributed by atoms with E-state index < -0.39 is 0 Å². The molecule has 0 unspecified atom stereocenters. The zero-order valence-corrected chi connectivity index (χ0v) is 7.67. The highest BCUT2D eigenvalue weighted by Crippen LogP contribution is 2.11. The van der Waals surface area contributed by atoms with Gasteiger partial charge in [-0.05, 0) is 25.3 Å². The Morgan fingerprint density at radius 1 is 1.33 bits per heavy atom. The van der Waals surface area contributed by atoms with Crippen molar-refractivity contribution in [2.45, 2.75) is 12.1 Å². The molecular formula is C7H8N4S. The molecule has 62 valence electrons. The van der Waals surface area contributed by atoms with Gasteiger partial charge in [0, 0.05) is 0 Å². The average molecular weight is 180 g/mol. The van der Waals surface area contributed by atoms with E-state index in [2.05, 4.69) is 15.3 Å². The van der Waals surface area contributed by atoms with Gasteiger partial charge in [-0.2, -0.15) is 9.61 Å². The molecule has 0 saturated carbocycles. The van der Waals surface area contributed by atoms with E-state index >= 15 is 0 Å². The van der Waals surface area contributed by atoms with Gasteiger partial charge in [0.1, 0.15) is 0 Å². The number of aromatic nitrogens is 4. The van der Waals surface area contributed by atoms with Crippen molar-refractivity contribution in [1.29, 1.82) is 0 Å². The number of hydrogen-bond acceptors (Lipinski definition) is 4. The van der Waals surface area contributed by atoms with Crippen LogP contribution in [0.5, 0.6) is 0 Å². The monoisotopic (exact) mass is 180 g/mol. The predicted octanol–water partition coefficient (Wildman–Crippen LogP) is 1.15. The molecule has 0 fully saturated rings. The Morgan fingerprint density at radius 3 is 2.92 bits per heavy atom. The summed E-state index contributed by atoms with van der Waals surface area (Å²) in [7, 11) is 0. The fraction of sp³-hybridized carbons (Fsp3) is 0.286. The normalized spacial score (nSPS) is 10.8. The molecule has 2 heterocycles. The van der Waals surface area contributed by atoms with Crippen LogP contribution < -0.4 is 0 Å². The smallest absolute Gasteiger partial charge is 0.187 e. The number of fused-ring (bicyclic) bond motifs is 1. The molecule has 0 saturated heterocycles. The van der Waals surface area contributed by atoms with Crippen LogP contribution in [0.25, 0.3) is 5.65 Å². The summed E-state index contributed by atoms with van der Waals surface area (Å²) in [6.45, 7) is 1.95. The third-order valence-electron chi connectivity index (χ3n) is 1.55. The highest BCUT2D eigenvalue weighted by Gasteiger charge is 2.03. The van der Waals surface area contributed by atoms with Gasteiger partial charge in [-0.25, -0.2) is 0 Å². The maximum Gasteiger partial charge on any atom is 0.212 e. The second-order valence-electron chi connectivity index (χ2n) is 2.43. The first-order valence-electron chi connectivity index (χ1n) is 3.54. The van der Waals surface area contributed by atoms with Gasteiger partial charge < -0.3 is 0 Å². The van der Waals surface area contributed by atoms with Gasteiger partial charge in [0.25, 0.3) is 0 Å². The Morgan fingerprint density at radius 2 is 2.17 bits per heavy atom. The molecule has 0 bridgehead atoms. The number of aryl methyl sites for hydroxylation is 1. The van der Waals surface area contributed by atoms with E-state index in [0.29, 0.717) is 0 Å². The first kappa shape index (κ1) is 7.54. The number of hydrogen-bond donors (Lipinski definition) is 0. The van der Waals surface area contributed by atoms with Crippen LogP contribution in [0, 0.1) is 6.92 Å². The lowest BCUT2D eigenvalue weighted by atomic mass is 10.4. The van der Waals surface area contributed by atoms with Crippen LogP contribution in [0.3, 0.4) is 0 Å². The minimum absolute atomic E-state index is 0.796. The maximum absolute atomic E-state index is 4.28. The summed E-state index contributed by atoms with van der Waals surface area (Å²) in [6.07, 6.45) is 1.96. The van der Waals surface area contributed by atoms with Crippen LogP contribution in [-0.4, -0.2) is 26.1 Å². The van der Waals surface area contributed by atoms with Crippen LogP contribution in [0.2, 0.25) is 0 Å². The number of rotatable bonds is 1. The standard InChI is InChI=1S/C7H8N4S/c1-5-3-4-6-8-9-7(12-2)11(6)10-5/h3-4H,1-2H3. The third kappa shape index (κ3) is 1.06. The molecule has 0 aliphatic rings. The van der Waals surface area contributed by atoms with Crippen molar-refractivity contribution in [1.82, 2.24) is 19.8 Å². The Kier molecular flexibility index (Phi) is 1.73. The van der Waals surface area contributed by atoms with Gasteiger partial charge in [0.2, 0.25) is 5.16 Å². The summed E-state index contributed by atoms with van der Waals surface area (Å²) >= 11 is 1.54. The molecule has 0 amide bonds. The highest BCUT2D eigenvalue weighted by molar-refractivity contribution is 7.98. The van der Waals surface area contributed by atoms with Gasteiger partial charge >= 0.3 is 0 Å². The molecule has 4 nitrogen and oxygen atoms in total. The van der Waals surface area contributed by atoms with Crippen LogP contribution in [0.4, 0.5) is 0 Å². The average Bonchev–Trinajstić information content (AvgIpc) is 2.46. The molecule has 2 rings (SSSR count). The molecule has 0 spiro atoms. The topological polar surface area (TPSA) is 43.1 Å². The lowest BCUT2D eigenvalue weighted by Gasteiger charge is -1.94. The summed E-state index contributed by atoms with van der Waals surface area (Å²) in [5, 5.41) is 13.0. The fourth-order valence-electron chi connectivity index (χ4n) is 0.988. The molecule has 0 aromatic carbocycles. The SMILES string of the molecule is CSc1nnc2ccc(C)nn12. The van der Waals surface area contributed by atoms with Crippen molar-refractivity contribution >= 4 is 17.4 Å². The van der Waals surface area contributed by atoms with Crippen LogP contribution in [0.1, 0.15) is 5.69 Å². The minimum Gasteiger partial charge on any atom is -0.187 e. The third-order valence-corrected chi connectivity index (χ3v) is 2.17. The van der Waals surface area contributed by atoms with E-state index in [9.17, 15) is 0 Å². The summed E-state index contributed by atoms with van der Waals surface area (Å²) < 4.78 is 1.75. The zero-order chi connectivity index (χ0) is 8.55. The Hall–Kier alpha value is -1.10. The molecule has 2 aromatic heterocycles. The van der Waals surface area contributed by atoms with Gasteiger partial charge in [-0.15, -0.1) is 10.2 Å². The van der Waals surface area contributed by atoms with Crippen molar-refractivity contribution in [3.8, 4) is 0 Å². The van der Waals surface area contributed by atoms with Gasteiger partial charge in [0.05, 0.1) is 5.69 Å². The van der Waals surface area contributed by atoms with Crippen LogP contribution >= 0.6 is 11.8 Å². The summed E-state index contributed by atoms with van der Waals surface area (Å²) in [5.41, 5.74) is 1.77. The Labute approximate surface area is 74.0 Å². The predicted molar refractivity (Wildman–Crippen MR) is 47.3 cm³/mol. The lowest BCUT2D eigenvalue weighted by molar-refractivity contribution is 0.793. The van der Waals surface area contributed by atoms with E-state index in [1.165, 1.54) is 0 Å². The number of nitrogens with zero attached hydrogens (tertiary/aromatic N) is 4. The summed E-state index contributed by atoms with van der Waals surface area (Å²) in [6, 6.07) is 3.84. The quantitative estimate of drug-likeness (QED) is 0.617. The van der Waals surface area contributed by atoms with Crippen molar-refractivity contribution in [2.24, 2.45) is 0 Å². The molecule has 0 aliphatic carbocycles. The van der Waals surface area contributed by atoms with Gasteiger partial charge in [-0.1, -0.05) is 11.8 Å². The molecule has 0 N–H and O–H groups in total.